The monoisotopic (exact) mass is 412 g/mol. The molecule has 30 heavy (non-hydrogen) atoms. The molecule has 0 radical (unpaired) electrons. The zero-order valence-electron chi connectivity index (χ0n) is 18.6. The average Bonchev–Trinajstić information content (AvgIpc) is 2.83. The van der Waals surface area contributed by atoms with E-state index in [1.165, 1.54) is 44.5 Å². The zero-order chi connectivity index (χ0) is 20.8. The number of carbonyl (C=O) groups excluding carboxylic acids is 1. The van der Waals surface area contributed by atoms with Crippen LogP contribution in [0.15, 0.2) is 30.3 Å². The van der Waals surface area contributed by atoms with Gasteiger partial charge in [0, 0.05) is 32.2 Å². The number of rotatable bonds is 6. The van der Waals surface area contributed by atoms with Crippen LogP contribution in [0.5, 0.6) is 0 Å². The van der Waals surface area contributed by atoms with Crippen molar-refractivity contribution in [2.75, 3.05) is 52.4 Å². The summed E-state index contributed by atoms with van der Waals surface area (Å²) in [5.41, 5.74) is 7.25. The summed E-state index contributed by atoms with van der Waals surface area (Å²) in [5, 5.41) is 0. The van der Waals surface area contributed by atoms with E-state index in [0.717, 1.165) is 58.4 Å². The highest BCUT2D eigenvalue weighted by Crippen LogP contribution is 2.27. The summed E-state index contributed by atoms with van der Waals surface area (Å²) in [4.78, 5) is 20.5. The Kier molecular flexibility index (Phi) is 7.80. The number of amides is 1. The fraction of sp³-hybridized carbons (Fsp3) is 0.720. The van der Waals surface area contributed by atoms with Gasteiger partial charge in [-0.2, -0.15) is 0 Å². The van der Waals surface area contributed by atoms with Crippen LogP contribution < -0.4 is 5.73 Å². The average molecular weight is 413 g/mol. The smallest absolute Gasteiger partial charge is 0.226 e. The maximum Gasteiger partial charge on any atom is 0.226 e. The summed E-state index contributed by atoms with van der Waals surface area (Å²) in [6, 6.07) is 11.5. The Balaban J connectivity index is 1.21. The van der Waals surface area contributed by atoms with E-state index in [1.54, 1.807) is 0 Å². The Bertz CT molecular complexity index is 650. The van der Waals surface area contributed by atoms with E-state index < -0.39 is 0 Å². The molecule has 166 valence electrons. The molecular formula is C25H40N4O. The van der Waals surface area contributed by atoms with Crippen LogP contribution >= 0.6 is 0 Å². The van der Waals surface area contributed by atoms with Crippen LogP contribution in [-0.2, 0) is 11.2 Å². The molecule has 3 aliphatic heterocycles. The summed E-state index contributed by atoms with van der Waals surface area (Å²) in [6.07, 6.45) is 8.05. The van der Waals surface area contributed by atoms with Crippen molar-refractivity contribution < 1.29 is 4.79 Å². The molecule has 3 saturated heterocycles. The third-order valence-corrected chi connectivity index (χ3v) is 7.69. The molecule has 0 spiro atoms. The quantitative estimate of drug-likeness (QED) is 0.780. The molecule has 3 fully saturated rings. The van der Waals surface area contributed by atoms with Gasteiger partial charge in [0.05, 0.1) is 5.92 Å². The number of nitrogens with zero attached hydrogens (tertiary/aromatic N) is 3. The van der Waals surface area contributed by atoms with Gasteiger partial charge in [0.15, 0.2) is 0 Å². The van der Waals surface area contributed by atoms with Crippen LogP contribution in [0.4, 0.5) is 0 Å². The number of nitrogens with two attached hydrogens (primary N) is 1. The number of hydrogen-bond acceptors (Lipinski definition) is 4. The summed E-state index contributed by atoms with van der Waals surface area (Å²) in [5.74, 6) is 1.24. The molecule has 1 atom stereocenters. The van der Waals surface area contributed by atoms with Crippen LogP contribution in [0.2, 0.25) is 0 Å². The fourth-order valence-corrected chi connectivity index (χ4v) is 5.63. The Morgan fingerprint density at radius 3 is 2.37 bits per heavy atom. The maximum absolute atomic E-state index is 13.1. The summed E-state index contributed by atoms with van der Waals surface area (Å²) >= 11 is 0. The summed E-state index contributed by atoms with van der Waals surface area (Å²) < 4.78 is 0. The highest BCUT2D eigenvalue weighted by atomic mass is 16.2. The lowest BCUT2D eigenvalue weighted by molar-refractivity contribution is -0.139. The van der Waals surface area contributed by atoms with Gasteiger partial charge >= 0.3 is 0 Å². The van der Waals surface area contributed by atoms with Crippen molar-refractivity contribution in [3.05, 3.63) is 35.9 Å². The SMILES string of the molecule is NCC1CCN(C(=O)[C@H]2CCCN(C3CCN(CCc4ccccc4)CC3)C2)CC1. The molecule has 0 aromatic heterocycles. The first-order valence-electron chi connectivity index (χ1n) is 12.2. The minimum Gasteiger partial charge on any atom is -0.342 e. The molecule has 0 bridgehead atoms. The van der Waals surface area contributed by atoms with E-state index >= 15 is 0 Å². The van der Waals surface area contributed by atoms with Crippen molar-refractivity contribution in [1.82, 2.24) is 14.7 Å². The van der Waals surface area contributed by atoms with Crippen molar-refractivity contribution >= 4 is 5.91 Å². The summed E-state index contributed by atoms with van der Waals surface area (Å²) in [7, 11) is 0. The van der Waals surface area contributed by atoms with E-state index in [9.17, 15) is 4.79 Å². The van der Waals surface area contributed by atoms with Crippen molar-refractivity contribution in [2.24, 2.45) is 17.6 Å². The second kappa shape index (κ2) is 10.7. The normalized spacial score (nSPS) is 25.5. The van der Waals surface area contributed by atoms with E-state index in [4.69, 9.17) is 5.73 Å². The minimum absolute atomic E-state index is 0.212. The Morgan fingerprint density at radius 1 is 0.933 bits per heavy atom. The molecule has 0 aliphatic carbocycles. The first-order chi connectivity index (χ1) is 14.7. The number of carbonyl (C=O) groups is 1. The number of likely N-dealkylation sites (tertiary alicyclic amines) is 3. The number of piperidine rings is 3. The lowest BCUT2D eigenvalue weighted by Crippen LogP contribution is -2.52. The van der Waals surface area contributed by atoms with Gasteiger partial charge in [-0.1, -0.05) is 30.3 Å². The molecule has 3 heterocycles. The van der Waals surface area contributed by atoms with Crippen molar-refractivity contribution in [3.63, 3.8) is 0 Å². The third-order valence-electron chi connectivity index (χ3n) is 7.69. The molecular weight excluding hydrogens is 372 g/mol. The molecule has 3 aliphatic rings. The zero-order valence-corrected chi connectivity index (χ0v) is 18.6. The van der Waals surface area contributed by atoms with Gasteiger partial charge in [-0.3, -0.25) is 9.69 Å². The molecule has 5 nitrogen and oxygen atoms in total. The standard InChI is InChI=1S/C25H40N4O/c26-19-22-9-17-28(18-10-22)25(30)23-7-4-13-29(20-23)24-11-15-27(16-12-24)14-8-21-5-2-1-3-6-21/h1-3,5-6,22-24H,4,7-20,26H2/t23-/m0/s1. The van der Waals surface area contributed by atoms with Gasteiger partial charge in [0.2, 0.25) is 5.91 Å². The van der Waals surface area contributed by atoms with Crippen molar-refractivity contribution in [2.45, 2.75) is 51.0 Å². The lowest BCUT2D eigenvalue weighted by atomic mass is 9.91. The van der Waals surface area contributed by atoms with Gasteiger partial charge in [0.25, 0.3) is 0 Å². The predicted octanol–water partition coefficient (Wildman–Crippen LogP) is 2.60. The Labute approximate surface area is 182 Å². The molecule has 1 aromatic rings. The number of benzene rings is 1. The van der Waals surface area contributed by atoms with E-state index in [0.29, 0.717) is 17.9 Å². The third kappa shape index (κ3) is 5.63. The van der Waals surface area contributed by atoms with E-state index in [1.807, 2.05) is 0 Å². The molecule has 2 N–H and O–H groups in total. The highest BCUT2D eigenvalue weighted by molar-refractivity contribution is 5.79. The van der Waals surface area contributed by atoms with E-state index in [2.05, 4.69) is 45.0 Å². The van der Waals surface area contributed by atoms with Crippen molar-refractivity contribution in [1.29, 1.82) is 0 Å². The predicted molar refractivity (Wildman–Crippen MR) is 122 cm³/mol. The molecule has 0 saturated carbocycles. The minimum atomic E-state index is 0.212. The summed E-state index contributed by atoms with van der Waals surface area (Å²) in [6.45, 7) is 8.30. The largest absolute Gasteiger partial charge is 0.342 e. The van der Waals surface area contributed by atoms with Gasteiger partial charge in [-0.15, -0.1) is 0 Å². The van der Waals surface area contributed by atoms with Crippen LogP contribution in [0.3, 0.4) is 0 Å². The van der Waals surface area contributed by atoms with Gasteiger partial charge < -0.3 is 15.5 Å². The lowest BCUT2D eigenvalue weighted by Gasteiger charge is -2.43. The van der Waals surface area contributed by atoms with Crippen LogP contribution in [0, 0.1) is 11.8 Å². The molecule has 4 rings (SSSR count). The second-order valence-electron chi connectivity index (χ2n) is 9.65. The Morgan fingerprint density at radius 2 is 1.67 bits per heavy atom. The molecule has 1 aromatic carbocycles. The molecule has 5 heteroatoms. The van der Waals surface area contributed by atoms with Crippen LogP contribution in [0.1, 0.15) is 44.1 Å². The fourth-order valence-electron chi connectivity index (χ4n) is 5.63. The van der Waals surface area contributed by atoms with Crippen LogP contribution in [0.25, 0.3) is 0 Å². The highest BCUT2D eigenvalue weighted by Gasteiger charge is 2.34. The topological polar surface area (TPSA) is 52.8 Å². The van der Waals surface area contributed by atoms with E-state index in [-0.39, 0.29) is 5.92 Å². The van der Waals surface area contributed by atoms with Crippen LogP contribution in [-0.4, -0.2) is 79.0 Å². The first-order valence-corrected chi connectivity index (χ1v) is 12.2. The first kappa shape index (κ1) is 21.8. The molecule has 0 unspecified atom stereocenters. The van der Waals surface area contributed by atoms with Gasteiger partial charge in [-0.25, -0.2) is 0 Å². The van der Waals surface area contributed by atoms with Gasteiger partial charge in [-0.05, 0) is 82.6 Å². The second-order valence-corrected chi connectivity index (χ2v) is 9.65. The maximum atomic E-state index is 13.1. The Hall–Kier alpha value is -1.43. The number of hydrogen-bond donors (Lipinski definition) is 1. The molecule has 1 amide bonds. The van der Waals surface area contributed by atoms with Crippen molar-refractivity contribution in [3.8, 4) is 0 Å². The van der Waals surface area contributed by atoms with Gasteiger partial charge in [0.1, 0.15) is 0 Å².